The predicted octanol–water partition coefficient (Wildman–Crippen LogP) is 3.23. The highest BCUT2D eigenvalue weighted by Crippen LogP contribution is 2.39. The third kappa shape index (κ3) is 3.33. The minimum absolute atomic E-state index is 0.0468. The smallest absolute Gasteiger partial charge is 0.269 e. The van der Waals surface area contributed by atoms with Crippen molar-refractivity contribution in [1.82, 2.24) is 19.5 Å². The zero-order valence-electron chi connectivity index (χ0n) is 14.0. The maximum Gasteiger partial charge on any atom is 0.269 e. The van der Waals surface area contributed by atoms with Crippen LogP contribution in [0.1, 0.15) is 36.2 Å². The lowest BCUT2D eigenvalue weighted by Crippen LogP contribution is -2.26. The number of thiazole rings is 1. The molecule has 0 spiro atoms. The quantitative estimate of drug-likeness (QED) is 0.513. The van der Waals surface area contributed by atoms with Crippen LogP contribution < -0.4 is 0 Å². The lowest BCUT2D eigenvalue weighted by Gasteiger charge is -2.27. The number of rotatable bonds is 7. The molecule has 2 heterocycles. The first-order valence-electron chi connectivity index (χ1n) is 7.99. The van der Waals surface area contributed by atoms with Crippen LogP contribution in [0.15, 0.2) is 30.6 Å². The number of non-ortho nitro benzene ring substituents is 1. The minimum atomic E-state index is -0.416. The molecular weight excluding hydrogens is 342 g/mol. The first kappa shape index (κ1) is 17.3. The van der Waals surface area contributed by atoms with Gasteiger partial charge in [0.25, 0.3) is 5.69 Å². The minimum Gasteiger partial charge on any atom is -0.492 e. The lowest BCUT2D eigenvalue weighted by atomic mass is 10.0. The normalized spacial score (nSPS) is 12.8. The number of aromatic nitrogens is 3. The monoisotopic (exact) mass is 361 g/mol. The maximum atomic E-state index is 10.9. The number of aromatic hydroxyl groups is 1. The molecule has 0 saturated carbocycles. The van der Waals surface area contributed by atoms with E-state index in [0.717, 1.165) is 29.8 Å². The second-order valence-electron chi connectivity index (χ2n) is 5.83. The van der Waals surface area contributed by atoms with Crippen LogP contribution in [-0.2, 0) is 0 Å². The summed E-state index contributed by atoms with van der Waals surface area (Å²) in [5.41, 5.74) is 0.926. The fourth-order valence-corrected chi connectivity index (χ4v) is 3.92. The van der Waals surface area contributed by atoms with Gasteiger partial charge in [-0.1, -0.05) is 36.8 Å². The molecule has 25 heavy (non-hydrogen) atoms. The molecule has 3 rings (SSSR count). The molecule has 0 aliphatic carbocycles. The van der Waals surface area contributed by atoms with Gasteiger partial charge in [0.05, 0.1) is 15.8 Å². The molecule has 0 saturated heterocycles. The Kier molecular flexibility index (Phi) is 4.95. The summed E-state index contributed by atoms with van der Waals surface area (Å²) in [5, 5.41) is 25.5. The number of nitrogens with zero attached hydrogens (tertiary/aromatic N) is 5. The number of hydrogen-bond donors (Lipinski definition) is 1. The molecule has 3 aromatic rings. The Bertz CT molecular complexity index is 874. The summed E-state index contributed by atoms with van der Waals surface area (Å²) in [5.74, 6) is 0.0594. The van der Waals surface area contributed by atoms with Gasteiger partial charge in [0, 0.05) is 12.1 Å². The van der Waals surface area contributed by atoms with Crippen LogP contribution in [0.4, 0.5) is 5.69 Å². The molecule has 0 fully saturated rings. The SMILES string of the molecule is CCCCN(C)C(c1ccc([N+](=O)[O-])cc1)c1sc2ncnn2c1O. The largest absolute Gasteiger partial charge is 0.492 e. The molecule has 1 N–H and O–H groups in total. The molecule has 0 radical (unpaired) electrons. The summed E-state index contributed by atoms with van der Waals surface area (Å²) in [4.78, 5) is 18.1. The highest BCUT2D eigenvalue weighted by molar-refractivity contribution is 7.17. The summed E-state index contributed by atoms with van der Waals surface area (Å²) in [7, 11) is 1.98. The highest BCUT2D eigenvalue weighted by atomic mass is 32.1. The molecule has 2 aromatic heterocycles. The van der Waals surface area contributed by atoms with Crippen molar-refractivity contribution in [1.29, 1.82) is 0 Å². The van der Waals surface area contributed by atoms with Crippen LogP contribution in [0.3, 0.4) is 0 Å². The number of nitro groups is 1. The van der Waals surface area contributed by atoms with E-state index < -0.39 is 4.92 Å². The van der Waals surface area contributed by atoms with E-state index in [0.29, 0.717) is 4.96 Å². The van der Waals surface area contributed by atoms with Crippen molar-refractivity contribution in [3.8, 4) is 5.88 Å². The van der Waals surface area contributed by atoms with Crippen LogP contribution in [0, 0.1) is 10.1 Å². The Labute approximate surface area is 148 Å². The fourth-order valence-electron chi connectivity index (χ4n) is 2.79. The van der Waals surface area contributed by atoms with Gasteiger partial charge in [0.2, 0.25) is 10.8 Å². The van der Waals surface area contributed by atoms with E-state index in [1.54, 1.807) is 12.1 Å². The molecule has 132 valence electrons. The standard InChI is InChI=1S/C16H19N5O3S/c1-3-4-9-19(2)13(11-5-7-12(8-6-11)21(23)24)14-15(22)20-16(25-14)17-10-18-20/h5-8,10,13,22H,3-4,9H2,1-2H3. The summed E-state index contributed by atoms with van der Waals surface area (Å²) in [6.45, 7) is 2.96. The van der Waals surface area contributed by atoms with E-state index in [4.69, 9.17) is 0 Å². The molecule has 0 aliphatic heterocycles. The summed E-state index contributed by atoms with van der Waals surface area (Å²) >= 11 is 1.37. The van der Waals surface area contributed by atoms with Gasteiger partial charge in [-0.3, -0.25) is 15.0 Å². The molecule has 9 heteroatoms. The Morgan fingerprint density at radius 3 is 2.72 bits per heavy atom. The first-order valence-corrected chi connectivity index (χ1v) is 8.80. The van der Waals surface area contributed by atoms with Crippen molar-refractivity contribution in [3.05, 3.63) is 51.1 Å². The van der Waals surface area contributed by atoms with Gasteiger partial charge >= 0.3 is 0 Å². The van der Waals surface area contributed by atoms with E-state index >= 15 is 0 Å². The number of hydrogen-bond acceptors (Lipinski definition) is 7. The average molecular weight is 361 g/mol. The van der Waals surface area contributed by atoms with Gasteiger partial charge in [0.15, 0.2) is 0 Å². The molecule has 0 bridgehead atoms. The van der Waals surface area contributed by atoms with E-state index in [1.807, 2.05) is 7.05 Å². The zero-order chi connectivity index (χ0) is 18.0. The number of fused-ring (bicyclic) bond motifs is 1. The predicted molar refractivity (Wildman–Crippen MR) is 95.0 cm³/mol. The second kappa shape index (κ2) is 7.16. The van der Waals surface area contributed by atoms with Crippen molar-refractivity contribution in [2.24, 2.45) is 0 Å². The molecule has 0 aliphatic rings. The van der Waals surface area contributed by atoms with Crippen molar-refractivity contribution < 1.29 is 10.0 Å². The van der Waals surface area contributed by atoms with Gasteiger partial charge in [-0.15, -0.1) is 0 Å². The molecular formula is C16H19N5O3S. The Hall–Kier alpha value is -2.52. The third-order valence-electron chi connectivity index (χ3n) is 4.11. The van der Waals surface area contributed by atoms with Gasteiger partial charge in [-0.25, -0.2) is 4.98 Å². The van der Waals surface area contributed by atoms with Crippen molar-refractivity contribution in [2.45, 2.75) is 25.8 Å². The molecule has 1 aromatic carbocycles. The summed E-state index contributed by atoms with van der Waals surface area (Å²) in [6.07, 6.45) is 3.47. The fraction of sp³-hybridized carbons (Fsp3) is 0.375. The van der Waals surface area contributed by atoms with Crippen LogP contribution in [0.2, 0.25) is 0 Å². The van der Waals surface area contributed by atoms with Gasteiger partial charge in [-0.05, 0) is 25.6 Å². The van der Waals surface area contributed by atoms with Gasteiger partial charge in [0.1, 0.15) is 6.33 Å². The summed E-state index contributed by atoms with van der Waals surface area (Å²) in [6, 6.07) is 6.23. The Morgan fingerprint density at radius 2 is 2.12 bits per heavy atom. The van der Waals surface area contributed by atoms with Crippen LogP contribution in [0.25, 0.3) is 4.96 Å². The van der Waals surface area contributed by atoms with Gasteiger partial charge in [-0.2, -0.15) is 9.61 Å². The van der Waals surface area contributed by atoms with Crippen molar-refractivity contribution in [3.63, 3.8) is 0 Å². The van der Waals surface area contributed by atoms with Crippen LogP contribution in [0.5, 0.6) is 5.88 Å². The highest BCUT2D eigenvalue weighted by Gasteiger charge is 2.27. The van der Waals surface area contributed by atoms with Gasteiger partial charge < -0.3 is 5.11 Å². The van der Waals surface area contributed by atoms with Crippen LogP contribution >= 0.6 is 11.3 Å². The number of benzene rings is 1. The Balaban J connectivity index is 2.04. The van der Waals surface area contributed by atoms with Crippen LogP contribution in [-0.4, -0.2) is 43.1 Å². The zero-order valence-corrected chi connectivity index (χ0v) is 14.8. The Morgan fingerprint density at radius 1 is 1.40 bits per heavy atom. The van der Waals surface area contributed by atoms with E-state index in [-0.39, 0.29) is 17.6 Å². The van der Waals surface area contributed by atoms with E-state index in [9.17, 15) is 15.2 Å². The van der Waals surface area contributed by atoms with E-state index in [1.165, 1.54) is 34.3 Å². The maximum absolute atomic E-state index is 10.9. The van der Waals surface area contributed by atoms with Crippen molar-refractivity contribution >= 4 is 22.0 Å². The average Bonchev–Trinajstić information content (AvgIpc) is 3.17. The summed E-state index contributed by atoms with van der Waals surface area (Å²) < 4.78 is 1.41. The topological polar surface area (TPSA) is 96.8 Å². The number of nitro benzene ring substituents is 1. The lowest BCUT2D eigenvalue weighted by molar-refractivity contribution is -0.384. The molecule has 8 nitrogen and oxygen atoms in total. The third-order valence-corrected chi connectivity index (χ3v) is 5.20. The second-order valence-corrected chi connectivity index (χ2v) is 6.84. The molecule has 1 unspecified atom stereocenters. The van der Waals surface area contributed by atoms with E-state index in [2.05, 4.69) is 21.9 Å². The molecule has 0 amide bonds. The molecule has 1 atom stereocenters. The number of unbranched alkanes of at least 4 members (excludes halogenated alkanes) is 1. The first-order chi connectivity index (χ1) is 12.0. The van der Waals surface area contributed by atoms with Crippen molar-refractivity contribution in [2.75, 3.05) is 13.6 Å².